The number of hydrogen-bond donors (Lipinski definition) is 0. The second kappa shape index (κ2) is 11.0. The Balaban J connectivity index is 1.92. The molecule has 0 aliphatic heterocycles. The molecule has 0 N–H and O–H groups in total. The normalized spacial score (nSPS) is 15.0. The minimum absolute atomic E-state index is 0.489. The van der Waals surface area contributed by atoms with E-state index >= 15 is 0 Å². The topological polar surface area (TPSA) is 18.5 Å². The molecule has 0 aromatic heterocycles. The summed E-state index contributed by atoms with van der Waals surface area (Å²) in [6.07, 6.45) is 8.33. The lowest BCUT2D eigenvalue weighted by molar-refractivity contribution is 0.0510. The minimum Gasteiger partial charge on any atom is -0.497 e. The Morgan fingerprint density at radius 1 is 0.844 bits per heavy atom. The van der Waals surface area contributed by atoms with E-state index in [0.717, 1.165) is 39.0 Å². The summed E-state index contributed by atoms with van der Waals surface area (Å²) in [5.41, 5.74) is 2.65. The van der Waals surface area contributed by atoms with Crippen molar-refractivity contribution in [3.8, 4) is 5.75 Å². The number of alkyl halides is 1. The van der Waals surface area contributed by atoms with Crippen LogP contribution in [0.4, 0.5) is 0 Å². The summed E-state index contributed by atoms with van der Waals surface area (Å²) in [6, 6.07) is 29.6. The maximum absolute atomic E-state index is 7.27. The van der Waals surface area contributed by atoms with E-state index in [2.05, 4.69) is 101 Å². The van der Waals surface area contributed by atoms with Crippen LogP contribution in [0.5, 0.6) is 5.75 Å². The summed E-state index contributed by atoms with van der Waals surface area (Å²) in [7, 11) is 1.71. The van der Waals surface area contributed by atoms with Gasteiger partial charge in [0.1, 0.15) is 5.75 Å². The fourth-order valence-corrected chi connectivity index (χ4v) is 5.04. The molecular weight excluding hydrogens is 507 g/mol. The largest absolute Gasteiger partial charge is 0.497 e. The lowest BCUT2D eigenvalue weighted by Gasteiger charge is -2.38. The van der Waals surface area contributed by atoms with E-state index < -0.39 is 5.60 Å². The number of ether oxygens (including phenoxy) is 2. The van der Waals surface area contributed by atoms with Gasteiger partial charge in [0, 0.05) is 27.0 Å². The van der Waals surface area contributed by atoms with Crippen LogP contribution in [0.2, 0.25) is 0 Å². The molecular formula is C29H31IO2. The van der Waals surface area contributed by atoms with Crippen LogP contribution < -0.4 is 4.74 Å². The highest BCUT2D eigenvalue weighted by Crippen LogP contribution is 2.45. The molecule has 166 valence electrons. The lowest BCUT2D eigenvalue weighted by Crippen LogP contribution is -2.33. The first-order valence-electron chi connectivity index (χ1n) is 11.5. The van der Waals surface area contributed by atoms with Crippen LogP contribution in [-0.2, 0) is 10.3 Å². The monoisotopic (exact) mass is 538 g/mol. The highest BCUT2D eigenvalue weighted by molar-refractivity contribution is 14.1. The second-order valence-electron chi connectivity index (χ2n) is 8.31. The lowest BCUT2D eigenvalue weighted by atomic mass is 9.79. The fraction of sp³-hybridized carbons (Fsp3) is 0.310. The van der Waals surface area contributed by atoms with Crippen molar-refractivity contribution in [3.05, 3.63) is 113 Å². The number of hydrogen-bond acceptors (Lipinski definition) is 2. The first kappa shape index (κ1) is 22.9. The van der Waals surface area contributed by atoms with Gasteiger partial charge in [-0.1, -0.05) is 108 Å². The molecule has 0 heterocycles. The SMILES string of the molecule is COc1ccc(C(OC(=CCCI)C2CCCC2)(c2ccccc2)c2ccccc2)cc1. The van der Waals surface area contributed by atoms with E-state index in [0.29, 0.717) is 5.92 Å². The maximum Gasteiger partial charge on any atom is 0.184 e. The van der Waals surface area contributed by atoms with Crippen molar-refractivity contribution in [1.29, 1.82) is 0 Å². The van der Waals surface area contributed by atoms with Gasteiger partial charge in [0.05, 0.1) is 12.9 Å². The van der Waals surface area contributed by atoms with Crippen LogP contribution in [0.1, 0.15) is 48.8 Å². The van der Waals surface area contributed by atoms with Gasteiger partial charge in [-0.25, -0.2) is 0 Å². The Bertz CT molecular complexity index is 951. The number of allylic oxidation sites excluding steroid dienone is 2. The van der Waals surface area contributed by atoms with Crippen molar-refractivity contribution in [2.24, 2.45) is 5.92 Å². The number of rotatable bonds is 9. The van der Waals surface area contributed by atoms with Gasteiger partial charge in [-0.15, -0.1) is 0 Å². The highest BCUT2D eigenvalue weighted by Gasteiger charge is 2.40. The molecule has 4 rings (SSSR count). The summed E-state index contributed by atoms with van der Waals surface area (Å²) in [5, 5.41) is 0. The maximum atomic E-state index is 7.27. The molecule has 1 aliphatic rings. The van der Waals surface area contributed by atoms with Gasteiger partial charge in [-0.05, 0) is 37.5 Å². The summed E-state index contributed by atoms with van der Waals surface area (Å²) < 4.78 is 13.8. The van der Waals surface area contributed by atoms with E-state index in [4.69, 9.17) is 9.47 Å². The van der Waals surface area contributed by atoms with E-state index in [1.54, 1.807) is 7.11 Å². The molecule has 0 amide bonds. The summed E-state index contributed by atoms with van der Waals surface area (Å²) >= 11 is 2.45. The summed E-state index contributed by atoms with van der Waals surface area (Å²) in [4.78, 5) is 0. The van der Waals surface area contributed by atoms with Crippen molar-refractivity contribution in [2.75, 3.05) is 11.5 Å². The average Bonchev–Trinajstić information content (AvgIpc) is 3.41. The predicted molar refractivity (Wildman–Crippen MR) is 140 cm³/mol. The van der Waals surface area contributed by atoms with Gasteiger partial charge < -0.3 is 9.47 Å². The number of benzene rings is 3. The van der Waals surface area contributed by atoms with Gasteiger partial charge in [-0.2, -0.15) is 0 Å². The van der Waals surface area contributed by atoms with Crippen LogP contribution in [0.15, 0.2) is 96.8 Å². The molecule has 1 fully saturated rings. The molecule has 3 aromatic rings. The Morgan fingerprint density at radius 3 is 1.88 bits per heavy atom. The highest BCUT2D eigenvalue weighted by atomic mass is 127. The van der Waals surface area contributed by atoms with Crippen LogP contribution in [0.3, 0.4) is 0 Å². The van der Waals surface area contributed by atoms with Crippen molar-refractivity contribution in [3.63, 3.8) is 0 Å². The van der Waals surface area contributed by atoms with Crippen molar-refractivity contribution >= 4 is 22.6 Å². The quantitative estimate of drug-likeness (QED) is 0.119. The molecule has 2 nitrogen and oxygen atoms in total. The Kier molecular flexibility index (Phi) is 7.90. The zero-order valence-electron chi connectivity index (χ0n) is 18.7. The second-order valence-corrected chi connectivity index (χ2v) is 9.39. The van der Waals surface area contributed by atoms with Crippen LogP contribution in [0, 0.1) is 5.92 Å². The van der Waals surface area contributed by atoms with Gasteiger partial charge in [0.15, 0.2) is 5.60 Å². The molecule has 32 heavy (non-hydrogen) atoms. The molecule has 0 atom stereocenters. The third-order valence-corrected chi connectivity index (χ3v) is 6.96. The molecule has 0 saturated heterocycles. The molecule has 0 spiro atoms. The smallest absolute Gasteiger partial charge is 0.184 e. The third kappa shape index (κ3) is 4.88. The van der Waals surface area contributed by atoms with E-state index in [1.165, 1.54) is 25.7 Å². The Labute approximate surface area is 205 Å². The van der Waals surface area contributed by atoms with Gasteiger partial charge in [-0.3, -0.25) is 0 Å². The standard InChI is InChI=1S/C29H31IO2/c1-31-27-20-18-26(19-21-27)29(24-13-4-2-5-14-24,25-15-6-3-7-16-25)32-28(17-10-22-30)23-11-8-9-12-23/h2-7,13-21,23H,8-12,22H2,1H3. The van der Waals surface area contributed by atoms with Crippen molar-refractivity contribution < 1.29 is 9.47 Å². The Morgan fingerprint density at radius 2 is 1.38 bits per heavy atom. The summed E-state index contributed by atoms with van der Waals surface area (Å²) in [6.45, 7) is 0. The van der Waals surface area contributed by atoms with Gasteiger partial charge in [0.2, 0.25) is 0 Å². The van der Waals surface area contributed by atoms with E-state index in [-0.39, 0.29) is 0 Å². The first-order chi connectivity index (χ1) is 15.8. The van der Waals surface area contributed by atoms with E-state index in [9.17, 15) is 0 Å². The molecule has 3 heteroatoms. The van der Waals surface area contributed by atoms with Crippen LogP contribution in [-0.4, -0.2) is 11.5 Å². The first-order valence-corrected chi connectivity index (χ1v) is 13.0. The Hall–Kier alpha value is -2.27. The van der Waals surface area contributed by atoms with Crippen LogP contribution in [0.25, 0.3) is 0 Å². The van der Waals surface area contributed by atoms with Gasteiger partial charge >= 0.3 is 0 Å². The average molecular weight is 538 g/mol. The summed E-state index contributed by atoms with van der Waals surface area (Å²) in [5.74, 6) is 2.48. The minimum atomic E-state index is -0.728. The molecule has 1 saturated carbocycles. The zero-order valence-corrected chi connectivity index (χ0v) is 20.8. The third-order valence-electron chi connectivity index (χ3n) is 6.34. The van der Waals surface area contributed by atoms with E-state index in [1.807, 2.05) is 12.1 Å². The van der Waals surface area contributed by atoms with Crippen molar-refractivity contribution in [2.45, 2.75) is 37.7 Å². The van der Waals surface area contributed by atoms with Gasteiger partial charge in [0.25, 0.3) is 0 Å². The van der Waals surface area contributed by atoms with Crippen molar-refractivity contribution in [1.82, 2.24) is 0 Å². The number of methoxy groups -OCH3 is 1. The molecule has 1 aliphatic carbocycles. The molecule has 0 radical (unpaired) electrons. The number of halogens is 1. The predicted octanol–water partition coefficient (Wildman–Crippen LogP) is 7.90. The fourth-order valence-electron chi connectivity index (χ4n) is 4.72. The molecule has 0 unspecified atom stereocenters. The molecule has 3 aromatic carbocycles. The zero-order chi connectivity index (χ0) is 22.2. The van der Waals surface area contributed by atoms with Crippen LogP contribution >= 0.6 is 22.6 Å². The molecule has 0 bridgehead atoms.